The summed E-state index contributed by atoms with van der Waals surface area (Å²) in [6, 6.07) is 25.4. The van der Waals surface area contributed by atoms with Crippen LogP contribution >= 0.6 is 0 Å². The van der Waals surface area contributed by atoms with Crippen molar-refractivity contribution in [2.75, 3.05) is 0 Å². The van der Waals surface area contributed by atoms with Gasteiger partial charge in [-0.15, -0.1) is 0 Å². The molecule has 0 amide bonds. The Bertz CT molecular complexity index is 1020. The molecule has 0 bridgehead atoms. The summed E-state index contributed by atoms with van der Waals surface area (Å²) < 4.78 is 1.79. The third-order valence-electron chi connectivity index (χ3n) is 4.23. The van der Waals surface area contributed by atoms with Crippen molar-refractivity contribution in [1.82, 2.24) is 14.8 Å². The fourth-order valence-electron chi connectivity index (χ4n) is 2.95. The van der Waals surface area contributed by atoms with Crippen molar-refractivity contribution in [1.29, 1.82) is 0 Å². The highest BCUT2D eigenvalue weighted by Crippen LogP contribution is 2.23. The van der Waals surface area contributed by atoms with Crippen LogP contribution < -0.4 is 0 Å². The molecule has 4 rings (SSSR count). The molecule has 0 spiro atoms. The van der Waals surface area contributed by atoms with Gasteiger partial charge in [-0.1, -0.05) is 66.7 Å². The molecule has 4 heteroatoms. The Labute approximate surface area is 151 Å². The van der Waals surface area contributed by atoms with E-state index < -0.39 is 0 Å². The zero-order chi connectivity index (χ0) is 17.8. The van der Waals surface area contributed by atoms with Gasteiger partial charge in [0.05, 0.1) is 6.54 Å². The molecule has 0 radical (unpaired) electrons. The van der Waals surface area contributed by atoms with Crippen molar-refractivity contribution in [3.8, 4) is 11.1 Å². The molecule has 0 aliphatic carbocycles. The van der Waals surface area contributed by atoms with Crippen LogP contribution in [-0.2, 0) is 6.54 Å². The number of hydrogen-bond donors (Lipinski definition) is 0. The highest BCUT2D eigenvalue weighted by molar-refractivity contribution is 6.09. The third kappa shape index (κ3) is 3.44. The average molecular weight is 339 g/mol. The molecule has 0 aliphatic heterocycles. The number of rotatable bonds is 5. The number of hydrogen-bond acceptors (Lipinski definition) is 3. The maximum absolute atomic E-state index is 12.7. The fourth-order valence-corrected chi connectivity index (χ4v) is 2.95. The van der Waals surface area contributed by atoms with Crippen LogP contribution in [0.4, 0.5) is 0 Å². The zero-order valence-corrected chi connectivity index (χ0v) is 14.1. The standard InChI is InChI=1S/C22H17N3O/c26-22(18-7-2-1-3-8-18)21-11-5-10-20(13-21)19-9-4-6-17(12-19)14-25-16-23-15-24-25/h1-13,15-16H,14H2. The monoisotopic (exact) mass is 339 g/mol. The molecule has 0 fully saturated rings. The summed E-state index contributed by atoms with van der Waals surface area (Å²) in [5, 5.41) is 4.15. The molecule has 26 heavy (non-hydrogen) atoms. The number of carbonyl (C=O) groups is 1. The van der Waals surface area contributed by atoms with Crippen molar-refractivity contribution >= 4 is 5.78 Å². The highest BCUT2D eigenvalue weighted by Gasteiger charge is 2.10. The number of nitrogens with zero attached hydrogens (tertiary/aromatic N) is 3. The van der Waals surface area contributed by atoms with Gasteiger partial charge in [0.1, 0.15) is 12.7 Å². The number of carbonyl (C=O) groups excluding carboxylic acids is 1. The number of benzene rings is 3. The van der Waals surface area contributed by atoms with E-state index in [9.17, 15) is 4.79 Å². The topological polar surface area (TPSA) is 47.8 Å². The van der Waals surface area contributed by atoms with Crippen molar-refractivity contribution < 1.29 is 4.79 Å². The van der Waals surface area contributed by atoms with Crippen LogP contribution in [0.3, 0.4) is 0 Å². The molecular weight excluding hydrogens is 322 g/mol. The Balaban J connectivity index is 1.63. The van der Waals surface area contributed by atoms with Gasteiger partial charge in [0, 0.05) is 11.1 Å². The number of ketones is 1. The predicted molar refractivity (Wildman–Crippen MR) is 101 cm³/mol. The van der Waals surface area contributed by atoms with Gasteiger partial charge in [-0.05, 0) is 28.8 Å². The second kappa shape index (κ2) is 7.15. The first-order chi connectivity index (χ1) is 12.8. The van der Waals surface area contributed by atoms with Crippen LogP contribution in [0.5, 0.6) is 0 Å². The summed E-state index contributed by atoms with van der Waals surface area (Å²) in [6.45, 7) is 0.663. The Morgan fingerprint density at radius 1 is 0.808 bits per heavy atom. The third-order valence-corrected chi connectivity index (χ3v) is 4.23. The van der Waals surface area contributed by atoms with Gasteiger partial charge >= 0.3 is 0 Å². The molecule has 0 saturated carbocycles. The molecule has 1 heterocycles. The van der Waals surface area contributed by atoms with Gasteiger partial charge in [0.15, 0.2) is 5.78 Å². The van der Waals surface area contributed by atoms with Crippen LogP contribution in [0.2, 0.25) is 0 Å². The van der Waals surface area contributed by atoms with Crippen LogP contribution in [0, 0.1) is 0 Å². The summed E-state index contributed by atoms with van der Waals surface area (Å²) >= 11 is 0. The Kier molecular flexibility index (Phi) is 4.39. The largest absolute Gasteiger partial charge is 0.289 e. The van der Waals surface area contributed by atoms with Crippen LogP contribution in [0.1, 0.15) is 21.5 Å². The molecule has 0 unspecified atom stereocenters. The summed E-state index contributed by atoms with van der Waals surface area (Å²) in [6.07, 6.45) is 3.23. The Morgan fingerprint density at radius 3 is 2.31 bits per heavy atom. The molecule has 1 aromatic heterocycles. The molecule has 0 atom stereocenters. The van der Waals surface area contributed by atoms with Gasteiger partial charge in [0.2, 0.25) is 0 Å². The van der Waals surface area contributed by atoms with E-state index in [2.05, 4.69) is 28.3 Å². The lowest BCUT2D eigenvalue weighted by Crippen LogP contribution is -2.01. The SMILES string of the molecule is O=C(c1ccccc1)c1cccc(-c2cccc(Cn3cncn3)c2)c1. The van der Waals surface area contributed by atoms with Gasteiger partial charge in [-0.25, -0.2) is 9.67 Å². The molecular formula is C22H17N3O. The molecule has 0 saturated heterocycles. The zero-order valence-electron chi connectivity index (χ0n) is 14.1. The van der Waals surface area contributed by atoms with E-state index in [-0.39, 0.29) is 5.78 Å². The molecule has 0 N–H and O–H groups in total. The second-order valence-electron chi connectivity index (χ2n) is 6.07. The summed E-state index contributed by atoms with van der Waals surface area (Å²) in [4.78, 5) is 16.7. The first-order valence-electron chi connectivity index (χ1n) is 8.41. The van der Waals surface area contributed by atoms with Gasteiger partial charge in [0.25, 0.3) is 0 Å². The summed E-state index contributed by atoms with van der Waals surface area (Å²) in [7, 11) is 0. The molecule has 126 valence electrons. The van der Waals surface area contributed by atoms with E-state index in [4.69, 9.17) is 0 Å². The van der Waals surface area contributed by atoms with Gasteiger partial charge < -0.3 is 0 Å². The maximum atomic E-state index is 12.7. The molecule has 3 aromatic carbocycles. The van der Waals surface area contributed by atoms with E-state index in [0.29, 0.717) is 17.7 Å². The van der Waals surface area contributed by atoms with Crippen molar-refractivity contribution in [3.63, 3.8) is 0 Å². The van der Waals surface area contributed by atoms with Crippen LogP contribution in [0.25, 0.3) is 11.1 Å². The Hall–Kier alpha value is -3.53. The highest BCUT2D eigenvalue weighted by atomic mass is 16.1. The van der Waals surface area contributed by atoms with E-state index in [0.717, 1.165) is 16.7 Å². The smallest absolute Gasteiger partial charge is 0.193 e. The van der Waals surface area contributed by atoms with Gasteiger partial charge in [-0.3, -0.25) is 4.79 Å². The van der Waals surface area contributed by atoms with E-state index in [1.165, 1.54) is 6.33 Å². The van der Waals surface area contributed by atoms with Crippen LogP contribution in [0.15, 0.2) is 91.5 Å². The van der Waals surface area contributed by atoms with E-state index in [1.807, 2.05) is 60.7 Å². The molecule has 4 nitrogen and oxygen atoms in total. The predicted octanol–water partition coefficient (Wildman–Crippen LogP) is 4.22. The number of aromatic nitrogens is 3. The minimum Gasteiger partial charge on any atom is -0.289 e. The normalized spacial score (nSPS) is 10.6. The van der Waals surface area contributed by atoms with E-state index in [1.54, 1.807) is 11.0 Å². The van der Waals surface area contributed by atoms with Crippen molar-refractivity contribution in [2.45, 2.75) is 6.54 Å². The summed E-state index contributed by atoms with van der Waals surface area (Å²) in [5.74, 6) is 0.0335. The lowest BCUT2D eigenvalue weighted by atomic mass is 9.97. The minimum absolute atomic E-state index is 0.0335. The lowest BCUT2D eigenvalue weighted by Gasteiger charge is -2.08. The molecule has 0 aliphatic rings. The quantitative estimate of drug-likeness (QED) is 0.511. The fraction of sp³-hybridized carbons (Fsp3) is 0.0455. The minimum atomic E-state index is 0.0335. The van der Waals surface area contributed by atoms with Crippen molar-refractivity contribution in [2.24, 2.45) is 0 Å². The first-order valence-corrected chi connectivity index (χ1v) is 8.41. The van der Waals surface area contributed by atoms with Crippen LogP contribution in [-0.4, -0.2) is 20.5 Å². The average Bonchev–Trinajstić information content (AvgIpc) is 3.21. The molecule has 4 aromatic rings. The van der Waals surface area contributed by atoms with E-state index >= 15 is 0 Å². The first kappa shape index (κ1) is 16.0. The second-order valence-corrected chi connectivity index (χ2v) is 6.07. The Morgan fingerprint density at radius 2 is 1.54 bits per heavy atom. The summed E-state index contributed by atoms with van der Waals surface area (Å²) in [5.41, 5.74) is 4.62. The van der Waals surface area contributed by atoms with Crippen molar-refractivity contribution in [3.05, 3.63) is 108 Å². The lowest BCUT2D eigenvalue weighted by molar-refractivity contribution is 0.103. The maximum Gasteiger partial charge on any atom is 0.193 e. The van der Waals surface area contributed by atoms with Gasteiger partial charge in [-0.2, -0.15) is 5.10 Å².